The molecular formula is C20H25N3O3S2. The summed E-state index contributed by atoms with van der Waals surface area (Å²) in [4.78, 5) is 15.9. The molecule has 0 spiro atoms. The molecule has 0 bridgehead atoms. The topological polar surface area (TPSA) is 92.5 Å². The first-order valence-corrected chi connectivity index (χ1v) is 11.8. The number of nitrogens with two attached hydrogens (primary N) is 1. The molecule has 0 saturated heterocycles. The van der Waals surface area contributed by atoms with Crippen LogP contribution in [-0.2, 0) is 21.2 Å². The average Bonchev–Trinajstić information content (AvgIpc) is 2.90. The van der Waals surface area contributed by atoms with Crippen LogP contribution in [0.2, 0.25) is 0 Å². The van der Waals surface area contributed by atoms with E-state index in [0.717, 1.165) is 36.4 Å². The maximum absolute atomic E-state index is 12.7. The minimum atomic E-state index is -3.65. The lowest BCUT2D eigenvalue weighted by molar-refractivity contribution is -0.118. The number of nitrogens with one attached hydrogen (secondary N) is 1. The molecule has 0 unspecified atom stereocenters. The number of rotatable bonds is 7. The van der Waals surface area contributed by atoms with Gasteiger partial charge in [0.2, 0.25) is 15.9 Å². The van der Waals surface area contributed by atoms with E-state index in [-0.39, 0.29) is 10.8 Å². The summed E-state index contributed by atoms with van der Waals surface area (Å²) in [7, 11) is -3.65. The Morgan fingerprint density at radius 1 is 1.11 bits per heavy atom. The number of amides is 1. The molecule has 3 N–H and O–H groups in total. The molecule has 1 aliphatic rings. The highest BCUT2D eigenvalue weighted by Gasteiger charge is 2.20. The Kier molecular flexibility index (Phi) is 7.12. The highest BCUT2D eigenvalue weighted by molar-refractivity contribution is 7.99. The van der Waals surface area contributed by atoms with Crippen molar-refractivity contribution in [2.75, 3.05) is 30.3 Å². The van der Waals surface area contributed by atoms with E-state index >= 15 is 0 Å². The fourth-order valence-corrected chi connectivity index (χ4v) is 4.63. The molecule has 8 heteroatoms. The number of para-hydroxylation sites is 1. The van der Waals surface area contributed by atoms with Crippen LogP contribution in [-0.4, -0.2) is 39.7 Å². The van der Waals surface area contributed by atoms with Crippen molar-refractivity contribution >= 4 is 33.4 Å². The standard InChI is InChI=1S/C20H25N3O3S2/c21-28(25,26)17-8-6-16(7-9-17)10-12-22-13-11-20(24)23-14-3-15-27-19-5-2-1-4-18(19)23/h1-2,4-9,22H,3,10-15H2,(H2,21,25,26). The summed E-state index contributed by atoms with van der Waals surface area (Å²) in [5.41, 5.74) is 2.04. The Bertz CT molecular complexity index is 915. The van der Waals surface area contributed by atoms with Crippen molar-refractivity contribution in [1.82, 2.24) is 5.32 Å². The Morgan fingerprint density at radius 2 is 1.86 bits per heavy atom. The normalized spacial score (nSPS) is 14.4. The molecule has 3 rings (SSSR count). The number of hydrogen-bond donors (Lipinski definition) is 2. The highest BCUT2D eigenvalue weighted by atomic mass is 32.2. The van der Waals surface area contributed by atoms with Gasteiger partial charge in [0.25, 0.3) is 0 Å². The van der Waals surface area contributed by atoms with E-state index in [4.69, 9.17) is 5.14 Å². The number of hydrogen-bond acceptors (Lipinski definition) is 5. The number of carbonyl (C=O) groups excluding carboxylic acids is 1. The fourth-order valence-electron chi connectivity index (χ4n) is 3.12. The molecule has 2 aromatic rings. The largest absolute Gasteiger partial charge is 0.316 e. The SMILES string of the molecule is NS(=O)(=O)c1ccc(CCNCCC(=O)N2CCCSc3ccccc32)cc1. The summed E-state index contributed by atoms with van der Waals surface area (Å²) in [5.74, 6) is 1.17. The lowest BCUT2D eigenvalue weighted by Gasteiger charge is -2.22. The van der Waals surface area contributed by atoms with Gasteiger partial charge in [-0.05, 0) is 55.0 Å². The lowest BCUT2D eigenvalue weighted by atomic mass is 10.1. The zero-order valence-corrected chi connectivity index (χ0v) is 17.3. The van der Waals surface area contributed by atoms with Gasteiger partial charge in [0.05, 0.1) is 10.6 Å². The third kappa shape index (κ3) is 5.57. The van der Waals surface area contributed by atoms with Crippen molar-refractivity contribution in [3.05, 3.63) is 54.1 Å². The Labute approximate surface area is 170 Å². The number of nitrogens with zero attached hydrogens (tertiary/aromatic N) is 1. The van der Waals surface area contributed by atoms with Crippen molar-refractivity contribution in [3.8, 4) is 0 Å². The van der Waals surface area contributed by atoms with Crippen LogP contribution in [0.25, 0.3) is 0 Å². The molecule has 150 valence electrons. The van der Waals surface area contributed by atoms with Crippen LogP contribution in [0.5, 0.6) is 0 Å². The van der Waals surface area contributed by atoms with Crippen LogP contribution in [0.4, 0.5) is 5.69 Å². The lowest BCUT2D eigenvalue weighted by Crippen LogP contribution is -2.34. The number of benzene rings is 2. The van der Waals surface area contributed by atoms with Crippen molar-refractivity contribution in [2.24, 2.45) is 5.14 Å². The summed E-state index contributed by atoms with van der Waals surface area (Å²) in [6.07, 6.45) is 2.19. The molecule has 0 aromatic heterocycles. The molecule has 1 amide bonds. The van der Waals surface area contributed by atoms with Gasteiger partial charge in [-0.2, -0.15) is 0 Å². The predicted octanol–water partition coefficient (Wildman–Crippen LogP) is 2.39. The van der Waals surface area contributed by atoms with E-state index in [1.54, 1.807) is 12.1 Å². The van der Waals surface area contributed by atoms with Crippen LogP contribution < -0.4 is 15.4 Å². The van der Waals surface area contributed by atoms with Crippen LogP contribution in [0.3, 0.4) is 0 Å². The molecule has 0 saturated carbocycles. The van der Waals surface area contributed by atoms with Crippen LogP contribution in [0.15, 0.2) is 58.3 Å². The van der Waals surface area contributed by atoms with Gasteiger partial charge in [-0.15, -0.1) is 11.8 Å². The second-order valence-electron chi connectivity index (χ2n) is 6.65. The number of sulfonamides is 1. The molecule has 1 aliphatic heterocycles. The van der Waals surface area contributed by atoms with Crippen LogP contribution in [0.1, 0.15) is 18.4 Å². The highest BCUT2D eigenvalue weighted by Crippen LogP contribution is 2.33. The molecule has 0 radical (unpaired) electrons. The molecule has 0 aliphatic carbocycles. The molecule has 0 atom stereocenters. The summed E-state index contributed by atoms with van der Waals surface area (Å²) in [6, 6.07) is 14.6. The van der Waals surface area contributed by atoms with Gasteiger partial charge in [-0.1, -0.05) is 24.3 Å². The molecule has 1 heterocycles. The Hall–Kier alpha value is -1.87. The van der Waals surface area contributed by atoms with Gasteiger partial charge in [0, 0.05) is 24.4 Å². The van der Waals surface area contributed by atoms with E-state index in [1.165, 1.54) is 17.0 Å². The number of primary sulfonamides is 1. The second kappa shape index (κ2) is 9.56. The van der Waals surface area contributed by atoms with Crippen molar-refractivity contribution in [1.29, 1.82) is 0 Å². The Balaban J connectivity index is 1.45. The van der Waals surface area contributed by atoms with E-state index < -0.39 is 10.0 Å². The van der Waals surface area contributed by atoms with E-state index in [9.17, 15) is 13.2 Å². The fraction of sp³-hybridized carbons (Fsp3) is 0.350. The summed E-state index contributed by atoms with van der Waals surface area (Å²) in [6.45, 7) is 2.09. The Morgan fingerprint density at radius 3 is 2.61 bits per heavy atom. The third-order valence-electron chi connectivity index (χ3n) is 4.60. The monoisotopic (exact) mass is 419 g/mol. The first kappa shape index (κ1) is 20.9. The van der Waals surface area contributed by atoms with Gasteiger partial charge in [0.1, 0.15) is 0 Å². The summed E-state index contributed by atoms with van der Waals surface area (Å²) in [5, 5.41) is 8.39. The number of fused-ring (bicyclic) bond motifs is 1. The number of thioether (sulfide) groups is 1. The smallest absolute Gasteiger partial charge is 0.238 e. The first-order valence-electron chi connectivity index (χ1n) is 9.30. The minimum Gasteiger partial charge on any atom is -0.316 e. The van der Waals surface area contributed by atoms with Crippen molar-refractivity contribution in [2.45, 2.75) is 29.1 Å². The maximum Gasteiger partial charge on any atom is 0.238 e. The van der Waals surface area contributed by atoms with Gasteiger partial charge in [-0.25, -0.2) is 13.6 Å². The quantitative estimate of drug-likeness (QED) is 0.672. The van der Waals surface area contributed by atoms with Gasteiger partial charge in [-0.3, -0.25) is 4.79 Å². The van der Waals surface area contributed by atoms with Crippen molar-refractivity contribution in [3.63, 3.8) is 0 Å². The number of carbonyl (C=O) groups is 1. The van der Waals surface area contributed by atoms with Crippen LogP contribution in [0, 0.1) is 0 Å². The summed E-state index contributed by atoms with van der Waals surface area (Å²) < 4.78 is 22.5. The molecule has 0 fully saturated rings. The van der Waals surface area contributed by atoms with Gasteiger partial charge >= 0.3 is 0 Å². The molecular weight excluding hydrogens is 394 g/mol. The van der Waals surface area contributed by atoms with E-state index in [2.05, 4.69) is 11.4 Å². The molecule has 6 nitrogen and oxygen atoms in total. The third-order valence-corrected chi connectivity index (χ3v) is 6.68. The first-order chi connectivity index (χ1) is 13.4. The van der Waals surface area contributed by atoms with E-state index in [1.807, 2.05) is 34.9 Å². The van der Waals surface area contributed by atoms with E-state index in [0.29, 0.717) is 19.5 Å². The predicted molar refractivity (Wildman–Crippen MR) is 113 cm³/mol. The molecule has 28 heavy (non-hydrogen) atoms. The van der Waals surface area contributed by atoms with Gasteiger partial charge < -0.3 is 10.2 Å². The molecule has 2 aromatic carbocycles. The van der Waals surface area contributed by atoms with Crippen LogP contribution >= 0.6 is 11.8 Å². The average molecular weight is 420 g/mol. The maximum atomic E-state index is 12.7. The zero-order valence-electron chi connectivity index (χ0n) is 15.6. The van der Waals surface area contributed by atoms with Crippen molar-refractivity contribution < 1.29 is 13.2 Å². The zero-order chi connectivity index (χ0) is 20.0. The number of anilines is 1. The van der Waals surface area contributed by atoms with Gasteiger partial charge in [0.15, 0.2) is 0 Å². The second-order valence-corrected chi connectivity index (χ2v) is 9.35. The minimum absolute atomic E-state index is 0.116. The summed E-state index contributed by atoms with van der Waals surface area (Å²) >= 11 is 1.81.